The molecular weight excluding hydrogens is 559 g/mol. The molecule has 5 atom stereocenters. The Kier molecular flexibility index (Phi) is 7.25. The minimum absolute atomic E-state index is 0.0575. The molecule has 3 fully saturated rings. The average molecular weight is 588 g/mol. The molecule has 3 heterocycles. The Morgan fingerprint density at radius 1 is 1.03 bits per heavy atom. The van der Waals surface area contributed by atoms with Gasteiger partial charge in [-0.05, 0) is 48.2 Å². The van der Waals surface area contributed by atoms with Gasteiger partial charge in [0.15, 0.2) is 0 Å². The Balaban J connectivity index is 1.34. The summed E-state index contributed by atoms with van der Waals surface area (Å²) in [5.41, 5.74) is 0.186. The molecule has 39 heavy (non-hydrogen) atoms. The normalized spacial score (nSPS) is 29.6. The van der Waals surface area contributed by atoms with Crippen LogP contribution >= 0.6 is 34.8 Å². The largest absolute Gasteiger partial charge is 0.359 e. The highest BCUT2D eigenvalue weighted by Crippen LogP contribution is 2.56. The first-order valence-corrected chi connectivity index (χ1v) is 14.6. The molecule has 204 valence electrons. The lowest BCUT2D eigenvalue weighted by Crippen LogP contribution is -2.56. The van der Waals surface area contributed by atoms with Crippen molar-refractivity contribution in [1.82, 2.24) is 10.2 Å². The number of amides is 2. The first-order chi connectivity index (χ1) is 18.8. The zero-order valence-corrected chi connectivity index (χ0v) is 23.5. The number of carbonyl (C=O) groups excluding carboxylic acids is 3. The lowest BCUT2D eigenvalue weighted by atomic mass is 9.72. The molecule has 1 spiro atoms. The minimum Gasteiger partial charge on any atom is -0.359 e. The number of carbonyl (C=O) groups is 3. The maximum atomic E-state index is 14.2. The van der Waals surface area contributed by atoms with Gasteiger partial charge in [-0.1, -0.05) is 84.4 Å². The van der Waals surface area contributed by atoms with Gasteiger partial charge in [0.05, 0.1) is 17.9 Å². The molecule has 3 aliphatic heterocycles. The molecule has 9 heteroatoms. The summed E-state index contributed by atoms with van der Waals surface area (Å²) in [4.78, 5) is 43.4. The number of hydrogen-bond acceptors (Lipinski definition) is 4. The summed E-state index contributed by atoms with van der Waals surface area (Å²) in [6.07, 6.45) is 8.26. The van der Waals surface area contributed by atoms with Gasteiger partial charge in [0.25, 0.3) is 0 Å². The summed E-state index contributed by atoms with van der Waals surface area (Å²) in [5, 5.41) is 4.59. The fourth-order valence-corrected chi connectivity index (χ4v) is 7.64. The predicted octanol–water partition coefficient (Wildman–Crippen LogP) is 5.56. The van der Waals surface area contributed by atoms with Crippen LogP contribution in [0.3, 0.4) is 0 Å². The van der Waals surface area contributed by atoms with Crippen LogP contribution in [0.1, 0.15) is 43.2 Å². The van der Waals surface area contributed by atoms with Gasteiger partial charge in [0.2, 0.25) is 11.8 Å². The van der Waals surface area contributed by atoms with E-state index in [9.17, 15) is 14.4 Å². The van der Waals surface area contributed by atoms with Crippen molar-refractivity contribution >= 4 is 52.4 Å². The van der Waals surface area contributed by atoms with Gasteiger partial charge in [0.1, 0.15) is 17.4 Å². The second-order valence-corrected chi connectivity index (χ2v) is 12.3. The molecule has 0 aromatic heterocycles. The molecule has 2 aromatic rings. The number of Topliss-reactive ketones (excluding diaryl/α,β-unsaturated/α-hetero) is 1. The Morgan fingerprint density at radius 2 is 1.74 bits per heavy atom. The van der Waals surface area contributed by atoms with E-state index < -0.39 is 29.6 Å². The number of rotatable bonds is 7. The van der Waals surface area contributed by atoms with Gasteiger partial charge in [-0.3, -0.25) is 14.4 Å². The van der Waals surface area contributed by atoms with Gasteiger partial charge in [0, 0.05) is 34.1 Å². The van der Waals surface area contributed by atoms with Crippen LogP contribution in [0, 0.1) is 11.8 Å². The van der Waals surface area contributed by atoms with Crippen LogP contribution < -0.4 is 5.32 Å². The Hall–Kier alpha value is -2.38. The molecule has 2 amide bonds. The molecule has 1 N–H and O–H groups in total. The van der Waals surface area contributed by atoms with Crippen molar-refractivity contribution in [2.24, 2.45) is 11.8 Å². The molecule has 6 rings (SSSR count). The predicted molar refractivity (Wildman–Crippen MR) is 150 cm³/mol. The van der Waals surface area contributed by atoms with Crippen molar-refractivity contribution in [3.05, 3.63) is 80.8 Å². The van der Waals surface area contributed by atoms with Crippen LogP contribution in [-0.4, -0.2) is 46.3 Å². The van der Waals surface area contributed by atoms with E-state index >= 15 is 0 Å². The molecule has 1 aliphatic carbocycles. The third kappa shape index (κ3) is 4.80. The average Bonchev–Trinajstić information content (AvgIpc) is 3.53. The summed E-state index contributed by atoms with van der Waals surface area (Å²) in [6.45, 7) is 0.145. The van der Waals surface area contributed by atoms with Gasteiger partial charge < -0.3 is 15.0 Å². The topological polar surface area (TPSA) is 75.7 Å². The zero-order chi connectivity index (χ0) is 27.3. The molecule has 2 bridgehead atoms. The van der Waals surface area contributed by atoms with Gasteiger partial charge in [-0.15, -0.1) is 0 Å². The van der Waals surface area contributed by atoms with E-state index in [0.29, 0.717) is 20.6 Å². The summed E-state index contributed by atoms with van der Waals surface area (Å²) < 4.78 is 6.45. The van der Waals surface area contributed by atoms with E-state index in [2.05, 4.69) is 5.32 Å². The second-order valence-electron chi connectivity index (χ2n) is 11.0. The first-order valence-electron chi connectivity index (χ1n) is 13.5. The highest BCUT2D eigenvalue weighted by Gasteiger charge is 2.72. The fourth-order valence-electron chi connectivity index (χ4n) is 6.88. The van der Waals surface area contributed by atoms with Crippen molar-refractivity contribution in [1.29, 1.82) is 0 Å². The standard InChI is InChI=1S/C30H29Cl3N2O4/c31-19-12-17(13-20(32)15-19)14-23(36)25-24-10-11-30(39-24)26(25)29(38)35(16-18-6-4-5-9-22(18)33)27(30)28(37)34-21-7-2-1-3-8-21/h4-6,9-13,15,21,24-27H,1-3,7-8,14,16H2,(H,34,37). The third-order valence-corrected chi connectivity index (χ3v) is 9.35. The highest BCUT2D eigenvalue weighted by atomic mass is 35.5. The van der Waals surface area contributed by atoms with Crippen molar-refractivity contribution in [2.75, 3.05) is 0 Å². The van der Waals surface area contributed by atoms with Crippen LogP contribution in [0.25, 0.3) is 0 Å². The number of fused-ring (bicyclic) bond motifs is 1. The first kappa shape index (κ1) is 26.8. The number of nitrogens with one attached hydrogen (secondary N) is 1. The van der Waals surface area contributed by atoms with E-state index in [1.807, 2.05) is 30.4 Å². The van der Waals surface area contributed by atoms with E-state index in [0.717, 1.165) is 37.7 Å². The minimum atomic E-state index is -1.21. The van der Waals surface area contributed by atoms with Crippen molar-refractivity contribution in [3.8, 4) is 0 Å². The number of hydrogen-bond donors (Lipinski definition) is 1. The summed E-state index contributed by atoms with van der Waals surface area (Å²) in [5.74, 6) is -2.19. The molecule has 0 radical (unpaired) electrons. The van der Waals surface area contributed by atoms with Crippen LogP contribution in [0.2, 0.25) is 15.1 Å². The van der Waals surface area contributed by atoms with E-state index in [4.69, 9.17) is 39.5 Å². The van der Waals surface area contributed by atoms with Gasteiger partial charge in [-0.25, -0.2) is 0 Å². The highest BCUT2D eigenvalue weighted by molar-refractivity contribution is 6.34. The van der Waals surface area contributed by atoms with E-state index in [1.165, 1.54) is 0 Å². The quantitative estimate of drug-likeness (QED) is 0.431. The van der Waals surface area contributed by atoms with E-state index in [1.54, 1.807) is 29.2 Å². The number of ketones is 1. The van der Waals surface area contributed by atoms with Gasteiger partial charge in [-0.2, -0.15) is 0 Å². The monoisotopic (exact) mass is 586 g/mol. The maximum Gasteiger partial charge on any atom is 0.246 e. The number of benzene rings is 2. The molecule has 5 unspecified atom stereocenters. The number of nitrogens with zero attached hydrogens (tertiary/aromatic N) is 1. The van der Waals surface area contributed by atoms with Crippen LogP contribution in [0.5, 0.6) is 0 Å². The van der Waals surface area contributed by atoms with Crippen LogP contribution in [0.15, 0.2) is 54.6 Å². The van der Waals surface area contributed by atoms with Crippen molar-refractivity contribution in [3.63, 3.8) is 0 Å². The summed E-state index contributed by atoms with van der Waals surface area (Å²) in [7, 11) is 0. The molecule has 4 aliphatic rings. The molecule has 2 aromatic carbocycles. The zero-order valence-electron chi connectivity index (χ0n) is 21.2. The third-order valence-electron chi connectivity index (χ3n) is 8.54. The molecule has 1 saturated carbocycles. The lowest BCUT2D eigenvalue weighted by molar-refractivity contribution is -0.142. The van der Waals surface area contributed by atoms with Crippen LogP contribution in [-0.2, 0) is 32.1 Å². The number of halogens is 3. The molecular formula is C30H29Cl3N2O4. The molecule has 6 nitrogen and oxygen atoms in total. The fraction of sp³-hybridized carbons (Fsp3) is 0.433. The van der Waals surface area contributed by atoms with Crippen molar-refractivity contribution < 1.29 is 19.1 Å². The summed E-state index contributed by atoms with van der Waals surface area (Å²) in [6, 6.07) is 11.4. The van der Waals surface area contributed by atoms with Crippen LogP contribution in [0.4, 0.5) is 0 Å². The Bertz CT molecular complexity index is 1340. The molecule has 2 saturated heterocycles. The lowest BCUT2D eigenvalue weighted by Gasteiger charge is -2.34. The maximum absolute atomic E-state index is 14.2. The smallest absolute Gasteiger partial charge is 0.246 e. The summed E-state index contributed by atoms with van der Waals surface area (Å²) >= 11 is 18.8. The SMILES string of the molecule is O=C(Cc1cc(Cl)cc(Cl)c1)C1C2C=CC3(O2)C1C(=O)N(Cc1ccccc1Cl)C3C(=O)NC1CCCCC1. The second kappa shape index (κ2) is 10.5. The van der Waals surface area contributed by atoms with E-state index in [-0.39, 0.29) is 36.6 Å². The van der Waals surface area contributed by atoms with Crippen molar-refractivity contribution in [2.45, 2.75) is 68.9 Å². The Morgan fingerprint density at radius 3 is 2.46 bits per heavy atom. The van der Waals surface area contributed by atoms with Gasteiger partial charge >= 0.3 is 0 Å². The number of likely N-dealkylation sites (tertiary alicyclic amines) is 1. The number of ether oxygens (including phenoxy) is 1. The Labute approximate surface area is 242 Å².